The predicted molar refractivity (Wildman–Crippen MR) is 56.5 cm³/mol. The molecule has 2 rings (SSSR count). The minimum atomic E-state index is -0.503. The van der Waals surface area contributed by atoms with Crippen molar-refractivity contribution in [1.82, 2.24) is 10.1 Å². The van der Waals surface area contributed by atoms with Crippen molar-refractivity contribution < 1.29 is 14.2 Å². The fourth-order valence-electron chi connectivity index (χ4n) is 1.27. The van der Waals surface area contributed by atoms with Gasteiger partial charge in [0, 0.05) is 13.0 Å². The van der Waals surface area contributed by atoms with Crippen LogP contribution < -0.4 is 4.74 Å². The van der Waals surface area contributed by atoms with Crippen molar-refractivity contribution in [2.24, 2.45) is 0 Å². The van der Waals surface area contributed by atoms with E-state index in [4.69, 9.17) is 9.26 Å². The minimum Gasteiger partial charge on any atom is -0.478 e. The Morgan fingerprint density at radius 3 is 2.88 bits per heavy atom. The predicted octanol–water partition coefficient (Wildman–Crippen LogP) is 1.87. The average molecular weight is 235 g/mol. The summed E-state index contributed by atoms with van der Waals surface area (Å²) in [4.78, 5) is 14.1. The Kier molecular flexibility index (Phi) is 2.99. The highest BCUT2D eigenvalue weighted by molar-refractivity contribution is 5.45. The van der Waals surface area contributed by atoms with Crippen molar-refractivity contribution in [2.75, 3.05) is 0 Å². The first-order chi connectivity index (χ1) is 8.16. The Bertz CT molecular complexity index is 538. The first kappa shape index (κ1) is 11.1. The third-order valence-electron chi connectivity index (χ3n) is 1.99. The summed E-state index contributed by atoms with van der Waals surface area (Å²) < 4.78 is 10.0. The van der Waals surface area contributed by atoms with Crippen LogP contribution in [0.1, 0.15) is 11.7 Å². The van der Waals surface area contributed by atoms with Gasteiger partial charge in [0.25, 0.3) is 0 Å². The fourth-order valence-corrected chi connectivity index (χ4v) is 1.27. The lowest BCUT2D eigenvalue weighted by Gasteiger charge is -2.03. The summed E-state index contributed by atoms with van der Waals surface area (Å²) >= 11 is 0. The summed E-state index contributed by atoms with van der Waals surface area (Å²) in [6.45, 7) is 1.68. The molecule has 2 aromatic rings. The number of nitro groups is 1. The highest BCUT2D eigenvalue weighted by Crippen LogP contribution is 2.26. The van der Waals surface area contributed by atoms with Gasteiger partial charge < -0.3 is 9.26 Å². The zero-order chi connectivity index (χ0) is 12.3. The summed E-state index contributed by atoms with van der Waals surface area (Å²) in [6.07, 6.45) is 0. The van der Waals surface area contributed by atoms with Gasteiger partial charge in [-0.05, 0) is 6.07 Å². The molecule has 1 aromatic heterocycles. The number of aryl methyl sites for hydroxylation is 1. The van der Waals surface area contributed by atoms with E-state index in [0.29, 0.717) is 11.7 Å². The van der Waals surface area contributed by atoms with Crippen LogP contribution in [0.3, 0.4) is 0 Å². The van der Waals surface area contributed by atoms with Gasteiger partial charge in [-0.25, -0.2) is 0 Å². The van der Waals surface area contributed by atoms with Crippen molar-refractivity contribution in [3.05, 3.63) is 46.1 Å². The van der Waals surface area contributed by atoms with E-state index in [2.05, 4.69) is 10.1 Å². The average Bonchev–Trinajstić information content (AvgIpc) is 2.73. The van der Waals surface area contributed by atoms with E-state index in [1.807, 2.05) is 0 Å². The van der Waals surface area contributed by atoms with Crippen molar-refractivity contribution in [1.29, 1.82) is 0 Å². The highest BCUT2D eigenvalue weighted by atomic mass is 16.6. The first-order valence-electron chi connectivity index (χ1n) is 4.82. The molecule has 17 heavy (non-hydrogen) atoms. The molecule has 0 fully saturated rings. The summed E-state index contributed by atoms with van der Waals surface area (Å²) in [5.74, 6) is 0.951. The summed E-state index contributed by atoms with van der Waals surface area (Å²) in [6, 6.07) is 6.12. The van der Waals surface area contributed by atoms with Crippen LogP contribution in [0.2, 0.25) is 0 Å². The van der Waals surface area contributed by atoms with E-state index < -0.39 is 4.92 Å². The molecule has 0 N–H and O–H groups in total. The molecule has 7 nitrogen and oxygen atoms in total. The Labute approximate surface area is 96.2 Å². The third-order valence-corrected chi connectivity index (χ3v) is 1.99. The Hall–Kier alpha value is -2.44. The van der Waals surface area contributed by atoms with Gasteiger partial charge in [0.05, 0.1) is 4.92 Å². The van der Waals surface area contributed by atoms with Crippen LogP contribution in [-0.2, 0) is 6.61 Å². The Morgan fingerprint density at radius 1 is 1.47 bits per heavy atom. The third kappa shape index (κ3) is 2.57. The van der Waals surface area contributed by atoms with Crippen molar-refractivity contribution in [3.63, 3.8) is 0 Å². The molecule has 0 bridgehead atoms. The maximum Gasteiger partial charge on any atom is 0.310 e. The van der Waals surface area contributed by atoms with Crippen LogP contribution in [0.25, 0.3) is 0 Å². The molecule has 0 amide bonds. The largest absolute Gasteiger partial charge is 0.478 e. The quantitative estimate of drug-likeness (QED) is 0.593. The Balaban J connectivity index is 2.11. The number of nitro benzene ring substituents is 1. The van der Waals surface area contributed by atoms with E-state index in [0.717, 1.165) is 0 Å². The van der Waals surface area contributed by atoms with Crippen LogP contribution in [0.15, 0.2) is 28.8 Å². The van der Waals surface area contributed by atoms with Crippen LogP contribution in [-0.4, -0.2) is 15.1 Å². The number of benzene rings is 1. The van der Waals surface area contributed by atoms with Gasteiger partial charge in [-0.2, -0.15) is 4.98 Å². The maximum absolute atomic E-state index is 10.7. The molecule has 0 unspecified atom stereocenters. The van der Waals surface area contributed by atoms with Gasteiger partial charge in [0.1, 0.15) is 0 Å². The molecule has 0 aliphatic rings. The van der Waals surface area contributed by atoms with Crippen LogP contribution >= 0.6 is 0 Å². The monoisotopic (exact) mass is 235 g/mol. The number of nitrogens with zero attached hydrogens (tertiary/aromatic N) is 3. The zero-order valence-electron chi connectivity index (χ0n) is 8.99. The smallest absolute Gasteiger partial charge is 0.310 e. The molecule has 0 radical (unpaired) electrons. The Morgan fingerprint density at radius 2 is 2.24 bits per heavy atom. The van der Waals surface area contributed by atoms with E-state index in [1.54, 1.807) is 19.1 Å². The molecule has 7 heteroatoms. The minimum absolute atomic E-state index is 0.0300. The zero-order valence-corrected chi connectivity index (χ0v) is 8.99. The molecule has 0 spiro atoms. The van der Waals surface area contributed by atoms with Crippen LogP contribution in [0.5, 0.6) is 5.75 Å². The second kappa shape index (κ2) is 4.60. The molecule has 0 saturated heterocycles. The molecule has 1 heterocycles. The molecular weight excluding hydrogens is 226 g/mol. The molecule has 0 aliphatic carbocycles. The van der Waals surface area contributed by atoms with Gasteiger partial charge in [-0.1, -0.05) is 17.3 Å². The van der Waals surface area contributed by atoms with E-state index in [9.17, 15) is 10.1 Å². The van der Waals surface area contributed by atoms with Crippen LogP contribution in [0, 0.1) is 17.0 Å². The van der Waals surface area contributed by atoms with Crippen molar-refractivity contribution in [2.45, 2.75) is 13.5 Å². The second-order valence-electron chi connectivity index (χ2n) is 3.24. The molecular formula is C10H9N3O4. The molecule has 0 saturated carbocycles. The molecule has 88 valence electrons. The second-order valence-corrected chi connectivity index (χ2v) is 3.24. The number of ether oxygens (including phenoxy) is 1. The van der Waals surface area contributed by atoms with Crippen molar-refractivity contribution in [3.8, 4) is 5.75 Å². The maximum atomic E-state index is 10.7. The van der Waals surface area contributed by atoms with Crippen molar-refractivity contribution >= 4 is 5.69 Å². The topological polar surface area (TPSA) is 91.3 Å². The fraction of sp³-hybridized carbons (Fsp3) is 0.200. The molecule has 0 aliphatic heterocycles. The van der Waals surface area contributed by atoms with E-state index >= 15 is 0 Å². The van der Waals surface area contributed by atoms with E-state index in [1.165, 1.54) is 12.1 Å². The summed E-state index contributed by atoms with van der Waals surface area (Å²) in [7, 11) is 0. The normalized spacial score (nSPS) is 10.2. The number of aromatic nitrogens is 2. The first-order valence-corrected chi connectivity index (χ1v) is 4.82. The summed E-state index contributed by atoms with van der Waals surface area (Å²) in [5, 5.41) is 14.3. The number of hydrogen-bond donors (Lipinski definition) is 0. The number of rotatable bonds is 4. The van der Waals surface area contributed by atoms with Crippen LogP contribution in [0.4, 0.5) is 5.69 Å². The van der Waals surface area contributed by atoms with E-state index in [-0.39, 0.29) is 18.0 Å². The number of para-hydroxylation sites is 2. The van der Waals surface area contributed by atoms with Gasteiger partial charge in [0.15, 0.2) is 12.4 Å². The van der Waals surface area contributed by atoms with Gasteiger partial charge >= 0.3 is 5.69 Å². The molecule has 0 atom stereocenters. The van der Waals surface area contributed by atoms with Gasteiger partial charge in [-0.15, -0.1) is 0 Å². The van der Waals surface area contributed by atoms with Gasteiger partial charge in [0.2, 0.25) is 11.7 Å². The lowest BCUT2D eigenvalue weighted by molar-refractivity contribution is -0.385. The molecule has 1 aromatic carbocycles. The lowest BCUT2D eigenvalue weighted by Crippen LogP contribution is -2.00. The summed E-state index contributed by atoms with van der Waals surface area (Å²) in [5.41, 5.74) is -0.0901. The SMILES string of the molecule is Cc1nc(COc2ccccc2[N+](=O)[O-])no1. The number of hydrogen-bond acceptors (Lipinski definition) is 6. The highest BCUT2D eigenvalue weighted by Gasteiger charge is 2.14. The lowest BCUT2D eigenvalue weighted by atomic mass is 10.3. The van der Waals surface area contributed by atoms with Gasteiger partial charge in [-0.3, -0.25) is 10.1 Å². The standard InChI is InChI=1S/C10H9N3O4/c1-7-11-10(12-17-7)6-16-9-5-3-2-4-8(9)13(14)15/h2-5H,6H2,1H3.